The Morgan fingerprint density at radius 1 is 1.19 bits per heavy atom. The van der Waals surface area contributed by atoms with Crippen molar-refractivity contribution in [3.63, 3.8) is 0 Å². The zero-order valence-electron chi connectivity index (χ0n) is 14.8. The van der Waals surface area contributed by atoms with E-state index < -0.39 is 17.8 Å². The van der Waals surface area contributed by atoms with E-state index in [0.717, 1.165) is 12.0 Å². The average molecular weight is 364 g/mol. The number of carbonyl (C=O) groups excluding carboxylic acids is 1. The molecule has 4 atom stereocenters. The monoisotopic (exact) mass is 364 g/mol. The maximum atomic E-state index is 12.8. The van der Waals surface area contributed by atoms with Crippen LogP contribution in [-0.4, -0.2) is 22.0 Å². The van der Waals surface area contributed by atoms with Crippen molar-refractivity contribution in [3.05, 3.63) is 60.4 Å². The highest BCUT2D eigenvalue weighted by molar-refractivity contribution is 5.96. The highest BCUT2D eigenvalue weighted by atomic mass is 16.5. The normalized spacial score (nSPS) is 25.4. The maximum absolute atomic E-state index is 12.8. The molecule has 1 aromatic heterocycles. The Kier molecular flexibility index (Phi) is 4.39. The number of carboxylic acid groups (broad SMARTS) is 1. The summed E-state index contributed by atoms with van der Waals surface area (Å²) in [5, 5.41) is 12.4. The van der Waals surface area contributed by atoms with Gasteiger partial charge in [0.2, 0.25) is 5.91 Å². The number of aromatic nitrogens is 1. The van der Waals surface area contributed by atoms with E-state index in [1.54, 1.807) is 30.6 Å². The molecule has 1 fully saturated rings. The van der Waals surface area contributed by atoms with Crippen molar-refractivity contribution < 1.29 is 19.4 Å². The minimum absolute atomic E-state index is 0.00499. The predicted molar refractivity (Wildman–Crippen MR) is 99.5 cm³/mol. The molecule has 0 unspecified atom stereocenters. The van der Waals surface area contributed by atoms with Crippen LogP contribution < -0.4 is 10.1 Å². The van der Waals surface area contributed by atoms with E-state index in [4.69, 9.17) is 4.74 Å². The van der Waals surface area contributed by atoms with Gasteiger partial charge >= 0.3 is 5.97 Å². The van der Waals surface area contributed by atoms with Crippen molar-refractivity contribution >= 4 is 17.6 Å². The fraction of sp³-hybridized carbons (Fsp3) is 0.286. The Morgan fingerprint density at radius 2 is 1.96 bits per heavy atom. The molecule has 2 aliphatic rings. The second-order valence-corrected chi connectivity index (χ2v) is 7.10. The Labute approximate surface area is 156 Å². The zero-order chi connectivity index (χ0) is 19.0. The summed E-state index contributed by atoms with van der Waals surface area (Å²) in [5.41, 5.74) is 1.49. The molecular weight excluding hydrogens is 344 g/mol. The van der Waals surface area contributed by atoms with Crippen molar-refractivity contribution in [1.82, 2.24) is 4.98 Å². The number of anilines is 1. The lowest BCUT2D eigenvalue weighted by Gasteiger charge is -2.24. The number of nitrogens with zero attached hydrogens (tertiary/aromatic N) is 1. The molecule has 2 aliphatic carbocycles. The molecule has 2 aromatic rings. The Morgan fingerprint density at radius 3 is 2.63 bits per heavy atom. The molecule has 27 heavy (non-hydrogen) atoms. The zero-order valence-corrected chi connectivity index (χ0v) is 14.8. The number of amides is 1. The van der Waals surface area contributed by atoms with Gasteiger partial charge in [0.25, 0.3) is 0 Å². The average Bonchev–Trinajstić information content (AvgIpc) is 3.26. The van der Waals surface area contributed by atoms with Gasteiger partial charge in [0, 0.05) is 11.9 Å². The molecular formula is C21H20N2O4. The Balaban J connectivity index is 1.48. The van der Waals surface area contributed by atoms with Crippen LogP contribution in [0.15, 0.2) is 54.9 Å². The highest BCUT2D eigenvalue weighted by Crippen LogP contribution is 2.48. The van der Waals surface area contributed by atoms with E-state index in [1.807, 2.05) is 31.2 Å². The van der Waals surface area contributed by atoms with E-state index in [1.165, 1.54) is 0 Å². The first kappa shape index (κ1) is 17.3. The standard InChI is InChI=1S/C21H20N2O4/c1-12-9-15(6-7-17(12)27-16-3-2-8-22-11-16)23-20(24)18-13-4-5-14(10-13)19(18)21(25)26/h2-9,11,13-14,18-19H,10H2,1H3,(H,23,24)(H,25,26)/t13-,14-,18-,19-/m0/s1. The fourth-order valence-electron chi connectivity index (χ4n) is 4.12. The number of hydrogen-bond acceptors (Lipinski definition) is 4. The van der Waals surface area contributed by atoms with Gasteiger partial charge < -0.3 is 15.2 Å². The maximum Gasteiger partial charge on any atom is 0.307 e. The third kappa shape index (κ3) is 3.30. The fourth-order valence-corrected chi connectivity index (χ4v) is 4.12. The van der Waals surface area contributed by atoms with Crippen LogP contribution in [0.25, 0.3) is 0 Å². The largest absolute Gasteiger partial charge is 0.481 e. The van der Waals surface area contributed by atoms with Gasteiger partial charge in [0.05, 0.1) is 18.0 Å². The summed E-state index contributed by atoms with van der Waals surface area (Å²) in [6.07, 6.45) is 7.95. The number of ether oxygens (including phenoxy) is 1. The molecule has 1 heterocycles. The van der Waals surface area contributed by atoms with Gasteiger partial charge in [-0.2, -0.15) is 0 Å². The van der Waals surface area contributed by atoms with Crippen LogP contribution in [0.4, 0.5) is 5.69 Å². The molecule has 1 amide bonds. The smallest absolute Gasteiger partial charge is 0.307 e. The van der Waals surface area contributed by atoms with Gasteiger partial charge in [-0.25, -0.2) is 0 Å². The van der Waals surface area contributed by atoms with Crippen molar-refractivity contribution in [1.29, 1.82) is 0 Å². The lowest BCUT2D eigenvalue weighted by atomic mass is 9.82. The number of pyridine rings is 1. The second-order valence-electron chi connectivity index (χ2n) is 7.10. The lowest BCUT2D eigenvalue weighted by Crippen LogP contribution is -2.36. The number of aryl methyl sites for hydroxylation is 1. The molecule has 0 radical (unpaired) electrons. The van der Waals surface area contributed by atoms with Gasteiger partial charge in [0.1, 0.15) is 11.5 Å². The van der Waals surface area contributed by atoms with E-state index in [-0.39, 0.29) is 17.7 Å². The van der Waals surface area contributed by atoms with Gasteiger partial charge in [-0.05, 0) is 61.1 Å². The van der Waals surface area contributed by atoms with Crippen LogP contribution >= 0.6 is 0 Å². The summed E-state index contributed by atoms with van der Waals surface area (Å²) in [5.74, 6) is -1.03. The number of aliphatic carboxylic acids is 1. The molecule has 0 saturated heterocycles. The van der Waals surface area contributed by atoms with Crippen molar-refractivity contribution in [3.8, 4) is 11.5 Å². The topological polar surface area (TPSA) is 88.5 Å². The van der Waals surface area contributed by atoms with Crippen molar-refractivity contribution in [2.45, 2.75) is 13.3 Å². The van der Waals surface area contributed by atoms with Gasteiger partial charge in [0.15, 0.2) is 0 Å². The lowest BCUT2D eigenvalue weighted by molar-refractivity contribution is -0.146. The minimum atomic E-state index is -0.900. The summed E-state index contributed by atoms with van der Waals surface area (Å²) in [6, 6.07) is 8.98. The van der Waals surface area contributed by atoms with Crippen LogP contribution in [-0.2, 0) is 9.59 Å². The van der Waals surface area contributed by atoms with E-state index in [0.29, 0.717) is 17.2 Å². The summed E-state index contributed by atoms with van der Waals surface area (Å²) in [7, 11) is 0. The van der Waals surface area contributed by atoms with Crippen LogP contribution in [0.2, 0.25) is 0 Å². The minimum Gasteiger partial charge on any atom is -0.481 e. The molecule has 0 spiro atoms. The van der Waals surface area contributed by atoms with E-state index >= 15 is 0 Å². The van der Waals surface area contributed by atoms with Crippen LogP contribution in [0.5, 0.6) is 11.5 Å². The number of nitrogens with one attached hydrogen (secondary N) is 1. The molecule has 1 saturated carbocycles. The number of carbonyl (C=O) groups is 2. The number of allylic oxidation sites excluding steroid dienone is 2. The van der Waals surface area contributed by atoms with Crippen LogP contribution in [0.3, 0.4) is 0 Å². The summed E-state index contributed by atoms with van der Waals surface area (Å²) in [6.45, 7) is 1.89. The first-order valence-corrected chi connectivity index (χ1v) is 8.93. The summed E-state index contributed by atoms with van der Waals surface area (Å²) >= 11 is 0. The third-order valence-electron chi connectivity index (χ3n) is 5.35. The number of fused-ring (bicyclic) bond motifs is 2. The quantitative estimate of drug-likeness (QED) is 0.791. The molecule has 6 nitrogen and oxygen atoms in total. The predicted octanol–water partition coefficient (Wildman–Crippen LogP) is 3.64. The summed E-state index contributed by atoms with van der Waals surface area (Å²) < 4.78 is 5.80. The number of rotatable bonds is 5. The van der Waals surface area contributed by atoms with Crippen LogP contribution in [0.1, 0.15) is 12.0 Å². The highest BCUT2D eigenvalue weighted by Gasteiger charge is 2.51. The molecule has 1 aromatic carbocycles. The third-order valence-corrected chi connectivity index (χ3v) is 5.35. The molecule has 0 aliphatic heterocycles. The van der Waals surface area contributed by atoms with Gasteiger partial charge in [-0.1, -0.05) is 12.2 Å². The van der Waals surface area contributed by atoms with Crippen molar-refractivity contribution in [2.75, 3.05) is 5.32 Å². The van der Waals surface area contributed by atoms with Gasteiger partial charge in [-0.3, -0.25) is 14.6 Å². The van der Waals surface area contributed by atoms with Crippen molar-refractivity contribution in [2.24, 2.45) is 23.7 Å². The molecule has 2 bridgehead atoms. The Bertz CT molecular complexity index is 910. The van der Waals surface area contributed by atoms with Gasteiger partial charge in [-0.15, -0.1) is 0 Å². The number of hydrogen-bond donors (Lipinski definition) is 2. The number of carboxylic acids is 1. The first-order valence-electron chi connectivity index (χ1n) is 8.93. The summed E-state index contributed by atoms with van der Waals surface area (Å²) in [4.78, 5) is 28.4. The molecule has 6 heteroatoms. The Hall–Kier alpha value is -3.15. The van der Waals surface area contributed by atoms with Crippen LogP contribution in [0, 0.1) is 30.6 Å². The first-order chi connectivity index (χ1) is 13.0. The number of benzene rings is 1. The molecule has 4 rings (SSSR count). The van der Waals surface area contributed by atoms with E-state index in [9.17, 15) is 14.7 Å². The second kappa shape index (κ2) is 6.87. The molecule has 138 valence electrons. The SMILES string of the molecule is Cc1cc(NC(=O)[C@@H]2[C@@H](C(=O)O)[C@H]3C=C[C@H]2C3)ccc1Oc1cccnc1. The van der Waals surface area contributed by atoms with E-state index in [2.05, 4.69) is 10.3 Å². The molecule has 2 N–H and O–H groups in total.